The zero-order chi connectivity index (χ0) is 39.0. The molecule has 0 radical (unpaired) electrons. The SMILES string of the molecule is C[C@]12CCC(=O)C[C@@H]1CC[C@@H]1[C@@H]2CC[C@]2(C)C(OCCCCCCC(=O)N3CCN(C(=O)c4cc(Cc5n[nH]c(=O)c6ccccc56)ccc4F)CC3)CC[C@@H]12. The van der Waals surface area contributed by atoms with Crippen LogP contribution in [0.2, 0.25) is 0 Å². The van der Waals surface area contributed by atoms with Crippen molar-refractivity contribution in [3.63, 3.8) is 0 Å². The molecule has 8 rings (SSSR count). The van der Waals surface area contributed by atoms with Crippen LogP contribution < -0.4 is 5.56 Å². The number of nitrogens with one attached hydrogen (secondary N) is 1. The molecule has 2 aromatic carbocycles. The van der Waals surface area contributed by atoms with Crippen LogP contribution in [0.3, 0.4) is 0 Å². The van der Waals surface area contributed by atoms with Crippen molar-refractivity contribution in [2.75, 3.05) is 32.8 Å². The van der Waals surface area contributed by atoms with Gasteiger partial charge >= 0.3 is 0 Å². The summed E-state index contributed by atoms with van der Waals surface area (Å²) in [4.78, 5) is 54.4. The van der Waals surface area contributed by atoms with E-state index in [1.807, 2.05) is 17.0 Å². The molecule has 1 aliphatic heterocycles. The molecule has 2 heterocycles. The van der Waals surface area contributed by atoms with Crippen LogP contribution in [0.1, 0.15) is 125 Å². The number of halogens is 1. The van der Waals surface area contributed by atoms with Crippen LogP contribution in [0.15, 0.2) is 47.3 Å². The molecule has 1 aromatic heterocycles. The lowest BCUT2D eigenvalue weighted by atomic mass is 9.45. The molecule has 0 spiro atoms. The van der Waals surface area contributed by atoms with Crippen molar-refractivity contribution >= 4 is 28.4 Å². The first-order valence-corrected chi connectivity index (χ1v) is 21.5. The van der Waals surface area contributed by atoms with Crippen LogP contribution in [0.25, 0.3) is 10.8 Å². The molecular formula is C46H59FN4O5. The number of hydrogen-bond donors (Lipinski definition) is 1. The summed E-state index contributed by atoms with van der Waals surface area (Å²) in [6.45, 7) is 7.43. The highest BCUT2D eigenvalue weighted by Crippen LogP contribution is 2.66. The van der Waals surface area contributed by atoms with Gasteiger partial charge in [0.25, 0.3) is 11.5 Å². The third kappa shape index (κ3) is 7.47. The van der Waals surface area contributed by atoms with E-state index >= 15 is 0 Å². The van der Waals surface area contributed by atoms with Gasteiger partial charge in [0.15, 0.2) is 0 Å². The number of benzene rings is 2. The van der Waals surface area contributed by atoms with Gasteiger partial charge in [-0.2, -0.15) is 5.10 Å². The van der Waals surface area contributed by atoms with Gasteiger partial charge in [-0.25, -0.2) is 9.49 Å². The lowest BCUT2D eigenvalue weighted by Crippen LogP contribution is -2.54. The lowest BCUT2D eigenvalue weighted by molar-refractivity contribution is -0.145. The van der Waals surface area contributed by atoms with E-state index in [1.165, 1.54) is 44.6 Å². The monoisotopic (exact) mass is 766 g/mol. The summed E-state index contributed by atoms with van der Waals surface area (Å²) in [7, 11) is 0. The van der Waals surface area contributed by atoms with Gasteiger partial charge in [-0.15, -0.1) is 0 Å². The van der Waals surface area contributed by atoms with Crippen LogP contribution in [0.4, 0.5) is 4.39 Å². The van der Waals surface area contributed by atoms with Crippen molar-refractivity contribution in [3.8, 4) is 0 Å². The summed E-state index contributed by atoms with van der Waals surface area (Å²) < 4.78 is 21.6. The van der Waals surface area contributed by atoms with E-state index < -0.39 is 5.82 Å². The highest BCUT2D eigenvalue weighted by Gasteiger charge is 2.60. The largest absolute Gasteiger partial charge is 0.378 e. The van der Waals surface area contributed by atoms with Crippen molar-refractivity contribution in [1.29, 1.82) is 0 Å². The summed E-state index contributed by atoms with van der Waals surface area (Å²) in [5.74, 6) is 2.56. The van der Waals surface area contributed by atoms with Crippen LogP contribution in [0.5, 0.6) is 0 Å². The average Bonchev–Trinajstić information content (AvgIpc) is 3.55. The molecule has 1 saturated heterocycles. The normalized spacial score (nSPS) is 30.2. The van der Waals surface area contributed by atoms with Gasteiger partial charge in [0.2, 0.25) is 5.91 Å². The molecule has 2 amide bonds. The quantitative estimate of drug-likeness (QED) is 0.199. The molecular weight excluding hydrogens is 708 g/mol. The van der Waals surface area contributed by atoms with E-state index in [2.05, 4.69) is 24.0 Å². The van der Waals surface area contributed by atoms with Gasteiger partial charge in [0, 0.05) is 63.9 Å². The second-order valence-electron chi connectivity index (χ2n) is 18.3. The summed E-state index contributed by atoms with van der Waals surface area (Å²) in [5.41, 5.74) is 1.72. The van der Waals surface area contributed by atoms with Crippen LogP contribution >= 0.6 is 0 Å². The van der Waals surface area contributed by atoms with Gasteiger partial charge in [-0.3, -0.25) is 19.2 Å². The molecule has 3 aromatic rings. The third-order valence-corrected chi connectivity index (χ3v) is 15.3. The molecule has 1 unspecified atom stereocenters. The Morgan fingerprint density at radius 2 is 1.61 bits per heavy atom. The van der Waals surface area contributed by atoms with Gasteiger partial charge in [-0.1, -0.05) is 51.0 Å². The third-order valence-electron chi connectivity index (χ3n) is 15.3. The predicted octanol–water partition coefficient (Wildman–Crippen LogP) is 7.88. The molecule has 9 nitrogen and oxygen atoms in total. The smallest absolute Gasteiger partial charge is 0.272 e. The molecule has 4 aliphatic carbocycles. The summed E-state index contributed by atoms with van der Waals surface area (Å²) in [5, 5.41) is 8.02. The fourth-order valence-electron chi connectivity index (χ4n) is 12.1. The maximum Gasteiger partial charge on any atom is 0.272 e. The molecule has 300 valence electrons. The number of fused-ring (bicyclic) bond motifs is 6. The van der Waals surface area contributed by atoms with Crippen molar-refractivity contribution in [2.45, 2.75) is 116 Å². The Bertz CT molecular complexity index is 2010. The first kappa shape index (κ1) is 38.9. The summed E-state index contributed by atoms with van der Waals surface area (Å²) in [6.07, 6.45) is 15.3. The number of amides is 2. The summed E-state index contributed by atoms with van der Waals surface area (Å²) >= 11 is 0. The molecule has 7 atom stereocenters. The Labute approximate surface area is 330 Å². The van der Waals surface area contributed by atoms with E-state index in [4.69, 9.17) is 4.74 Å². The van der Waals surface area contributed by atoms with Gasteiger partial charge < -0.3 is 14.5 Å². The molecule has 4 saturated carbocycles. The Kier molecular flexibility index (Phi) is 11.2. The highest BCUT2D eigenvalue weighted by atomic mass is 19.1. The first-order chi connectivity index (χ1) is 27.0. The number of Topliss-reactive ketones (excluding diaryl/α,β-unsaturated/α-hetero) is 1. The number of nitrogens with zero attached hydrogens (tertiary/aromatic N) is 3. The Morgan fingerprint density at radius 1 is 0.857 bits per heavy atom. The van der Waals surface area contributed by atoms with Gasteiger partial charge in [0.1, 0.15) is 11.6 Å². The van der Waals surface area contributed by atoms with Gasteiger partial charge in [0.05, 0.1) is 22.7 Å². The zero-order valence-corrected chi connectivity index (χ0v) is 33.3. The summed E-state index contributed by atoms with van der Waals surface area (Å²) in [6, 6.07) is 11.7. The maximum absolute atomic E-state index is 15.0. The molecule has 5 aliphatic rings. The topological polar surface area (TPSA) is 113 Å². The molecule has 10 heteroatoms. The van der Waals surface area contributed by atoms with E-state index in [1.54, 1.807) is 29.2 Å². The van der Waals surface area contributed by atoms with Crippen LogP contribution in [-0.4, -0.2) is 76.5 Å². The average molecular weight is 767 g/mol. The van der Waals surface area contributed by atoms with E-state index in [9.17, 15) is 23.6 Å². The Morgan fingerprint density at radius 3 is 2.43 bits per heavy atom. The number of piperazine rings is 1. The lowest BCUT2D eigenvalue weighted by Gasteiger charge is -2.60. The predicted molar refractivity (Wildman–Crippen MR) is 214 cm³/mol. The number of rotatable bonds is 11. The second-order valence-corrected chi connectivity index (χ2v) is 18.3. The van der Waals surface area contributed by atoms with Crippen molar-refractivity contribution in [3.05, 3.63) is 75.5 Å². The van der Waals surface area contributed by atoms with E-state index in [-0.39, 0.29) is 28.4 Å². The van der Waals surface area contributed by atoms with Crippen molar-refractivity contribution in [1.82, 2.24) is 20.0 Å². The molecule has 0 bridgehead atoms. The minimum Gasteiger partial charge on any atom is -0.378 e. The number of ketones is 1. The number of aromatic amines is 1. The second kappa shape index (κ2) is 16.1. The standard InChI is InChI=1S/C46H59FN4O5/c1-45-20-18-32(52)29-31(45)13-14-35-37-15-17-41(46(37,2)21-19-38(35)45)56-26-8-4-3-5-11-42(53)50-22-24-51(25-23-50)44(55)36-27-30(12-16-39(36)47)28-40-33-9-6-7-10-34(33)43(54)49-48-40/h6-7,9-10,12,16,27,31,35,37-38,41H,3-5,8,11,13-15,17-26,28-29H2,1-2H3,(H,49,54)/t31-,35-,37-,38-,41?,45-,46-/m0/s1. The van der Waals surface area contributed by atoms with Crippen molar-refractivity contribution in [2.24, 2.45) is 34.5 Å². The number of H-pyrrole nitrogens is 1. The minimum atomic E-state index is -0.581. The number of aromatic nitrogens is 2. The van der Waals surface area contributed by atoms with Crippen LogP contribution in [0, 0.1) is 40.3 Å². The fourth-order valence-corrected chi connectivity index (χ4v) is 12.1. The number of hydrogen-bond acceptors (Lipinski definition) is 6. The fraction of sp³-hybridized carbons (Fsp3) is 0.630. The molecule has 5 fully saturated rings. The van der Waals surface area contributed by atoms with Crippen molar-refractivity contribution < 1.29 is 23.5 Å². The number of carbonyl (C=O) groups is 3. The molecule has 1 N–H and O–H groups in total. The molecule has 56 heavy (non-hydrogen) atoms. The number of ether oxygens (including phenoxy) is 1. The van der Waals surface area contributed by atoms with Crippen LogP contribution in [-0.2, 0) is 20.7 Å². The first-order valence-electron chi connectivity index (χ1n) is 21.5. The zero-order valence-electron chi connectivity index (χ0n) is 33.3. The Balaban J connectivity index is 0.742. The van der Waals surface area contributed by atoms with E-state index in [0.29, 0.717) is 73.3 Å². The number of carbonyl (C=O) groups excluding carboxylic acids is 3. The number of unbranched alkanes of at least 4 members (excludes halogenated alkanes) is 3. The van der Waals surface area contributed by atoms with E-state index in [0.717, 1.165) is 80.3 Å². The Hall–Kier alpha value is -3.92. The highest BCUT2D eigenvalue weighted by molar-refractivity contribution is 5.95. The van der Waals surface area contributed by atoms with Gasteiger partial charge in [-0.05, 0) is 116 Å². The minimum absolute atomic E-state index is 0.00450. The maximum atomic E-state index is 15.0.